The summed E-state index contributed by atoms with van der Waals surface area (Å²) in [6, 6.07) is 1.96. The van der Waals surface area contributed by atoms with Gasteiger partial charge in [-0.05, 0) is 33.6 Å². The minimum atomic E-state index is -0.737. The molecule has 2 aliphatic heterocycles. The van der Waals surface area contributed by atoms with Gasteiger partial charge in [-0.1, -0.05) is 11.6 Å². The van der Waals surface area contributed by atoms with Crippen LogP contribution in [0.4, 0.5) is 4.79 Å². The highest BCUT2D eigenvalue weighted by Gasteiger charge is 2.48. The summed E-state index contributed by atoms with van der Waals surface area (Å²) in [5, 5.41) is 9.40. The lowest BCUT2D eigenvalue weighted by Gasteiger charge is -2.42. The van der Waals surface area contributed by atoms with Crippen LogP contribution in [0.5, 0.6) is 5.75 Å². The topological polar surface area (TPSA) is 92.5 Å². The number of pyridine rings is 1. The third kappa shape index (κ3) is 3.21. The Morgan fingerprint density at radius 2 is 2.08 bits per heavy atom. The largest absolute Gasteiger partial charge is 0.489 e. The molecule has 0 radical (unpaired) electrons. The molecule has 0 atom stereocenters. The Bertz CT molecular complexity index is 802. The van der Waals surface area contributed by atoms with E-state index in [-0.39, 0.29) is 40.5 Å². The van der Waals surface area contributed by atoms with Crippen LogP contribution in [-0.4, -0.2) is 47.1 Å². The van der Waals surface area contributed by atoms with Gasteiger partial charge in [-0.3, -0.25) is 4.79 Å². The van der Waals surface area contributed by atoms with Gasteiger partial charge in [0.25, 0.3) is 0 Å². The fraction of sp³-hybridized carbons (Fsp3) is 0.556. The second-order valence-corrected chi connectivity index (χ2v) is 8.04. The monoisotopic (exact) mass is 377 g/mol. The molecule has 0 saturated carbocycles. The van der Waals surface area contributed by atoms with E-state index in [1.165, 1.54) is 6.20 Å². The molecule has 3 heterocycles. The van der Waals surface area contributed by atoms with Crippen molar-refractivity contribution in [2.75, 3.05) is 19.7 Å². The fourth-order valence-electron chi connectivity index (χ4n) is 3.22. The lowest BCUT2D eigenvalue weighted by Crippen LogP contribution is -2.51. The molecule has 1 saturated heterocycles. The van der Waals surface area contributed by atoms with E-state index in [9.17, 15) is 14.9 Å². The predicted octanol–water partition coefficient (Wildman–Crippen LogP) is 3.20. The second kappa shape index (κ2) is 6.44. The van der Waals surface area contributed by atoms with Crippen LogP contribution in [0, 0.1) is 16.7 Å². The van der Waals surface area contributed by atoms with Crippen LogP contribution in [-0.2, 0) is 4.74 Å². The summed E-state index contributed by atoms with van der Waals surface area (Å²) in [7, 11) is 0. The molecule has 138 valence electrons. The molecule has 1 spiro atoms. The number of nitriles is 1. The van der Waals surface area contributed by atoms with Crippen LogP contribution in [0.15, 0.2) is 6.20 Å². The van der Waals surface area contributed by atoms with E-state index >= 15 is 0 Å². The number of amides is 1. The van der Waals surface area contributed by atoms with Crippen molar-refractivity contribution in [1.82, 2.24) is 9.88 Å². The van der Waals surface area contributed by atoms with E-state index in [0.29, 0.717) is 25.9 Å². The number of halogens is 1. The summed E-state index contributed by atoms with van der Waals surface area (Å²) in [6.07, 6.45) is 1.83. The van der Waals surface area contributed by atoms with Gasteiger partial charge < -0.3 is 14.4 Å². The highest BCUT2D eigenvalue weighted by atomic mass is 35.5. The number of likely N-dealkylation sites (tertiary alicyclic amines) is 1. The third-order valence-electron chi connectivity index (χ3n) is 4.66. The van der Waals surface area contributed by atoms with Crippen LogP contribution in [0.2, 0.25) is 5.02 Å². The SMILES string of the molecule is CC(C)(C)OC(=O)N1CCC2(CC1)COc1c(ncc(Cl)c1C#N)C2=O. The zero-order valence-electron chi connectivity index (χ0n) is 15.0. The van der Waals surface area contributed by atoms with E-state index in [4.69, 9.17) is 21.1 Å². The van der Waals surface area contributed by atoms with Gasteiger partial charge in [-0.2, -0.15) is 5.26 Å². The lowest BCUT2D eigenvalue weighted by atomic mass is 9.73. The number of hydrogen-bond donors (Lipinski definition) is 0. The lowest BCUT2D eigenvalue weighted by molar-refractivity contribution is 0.00168. The Kier molecular flexibility index (Phi) is 4.57. The first kappa shape index (κ1) is 18.5. The highest BCUT2D eigenvalue weighted by Crippen LogP contribution is 2.43. The highest BCUT2D eigenvalue weighted by molar-refractivity contribution is 6.32. The quantitative estimate of drug-likeness (QED) is 0.689. The van der Waals surface area contributed by atoms with E-state index in [0.717, 1.165) is 0 Å². The Hall–Kier alpha value is -2.33. The summed E-state index contributed by atoms with van der Waals surface area (Å²) >= 11 is 5.96. The Morgan fingerprint density at radius 3 is 2.65 bits per heavy atom. The normalized spacial score (nSPS) is 18.7. The van der Waals surface area contributed by atoms with Crippen molar-refractivity contribution >= 4 is 23.5 Å². The number of fused-ring (bicyclic) bond motifs is 1. The number of rotatable bonds is 0. The zero-order valence-corrected chi connectivity index (χ0v) is 15.7. The van der Waals surface area contributed by atoms with Crippen LogP contribution in [0.3, 0.4) is 0 Å². The molecule has 8 heteroatoms. The van der Waals surface area contributed by atoms with Crippen molar-refractivity contribution in [1.29, 1.82) is 5.26 Å². The molecule has 3 rings (SSSR count). The Balaban J connectivity index is 1.78. The standard InChI is InChI=1S/C18H20ClN3O4/c1-17(2,3)26-16(24)22-6-4-18(5-7-22)10-25-14-11(8-20)12(19)9-21-13(14)15(18)23/h9H,4-7,10H2,1-3H3. The van der Waals surface area contributed by atoms with Crippen molar-refractivity contribution in [3.05, 3.63) is 22.5 Å². The van der Waals surface area contributed by atoms with Gasteiger partial charge in [0.05, 0.1) is 10.4 Å². The van der Waals surface area contributed by atoms with Gasteiger partial charge in [0, 0.05) is 19.3 Å². The predicted molar refractivity (Wildman–Crippen MR) is 93.3 cm³/mol. The molecule has 1 aromatic rings. The van der Waals surface area contributed by atoms with Crippen molar-refractivity contribution in [2.45, 2.75) is 39.2 Å². The molecule has 0 unspecified atom stereocenters. The van der Waals surface area contributed by atoms with Crippen molar-refractivity contribution in [2.24, 2.45) is 5.41 Å². The Labute approximate surface area is 156 Å². The van der Waals surface area contributed by atoms with Crippen molar-refractivity contribution < 1.29 is 19.1 Å². The van der Waals surface area contributed by atoms with Crippen LogP contribution in [0.25, 0.3) is 0 Å². The van der Waals surface area contributed by atoms with Gasteiger partial charge in [-0.25, -0.2) is 9.78 Å². The number of piperidine rings is 1. The molecule has 0 aromatic carbocycles. The molecular formula is C18H20ClN3O4. The summed E-state index contributed by atoms with van der Waals surface area (Å²) in [6.45, 7) is 6.40. The number of carbonyl (C=O) groups excluding carboxylic acids is 2. The summed E-state index contributed by atoms with van der Waals surface area (Å²) < 4.78 is 11.1. The van der Waals surface area contributed by atoms with Crippen molar-refractivity contribution in [3.63, 3.8) is 0 Å². The molecule has 0 N–H and O–H groups in total. The van der Waals surface area contributed by atoms with Crippen LogP contribution >= 0.6 is 11.6 Å². The van der Waals surface area contributed by atoms with E-state index in [1.54, 1.807) is 4.90 Å². The number of ether oxygens (including phenoxy) is 2. The number of carbonyl (C=O) groups is 2. The maximum Gasteiger partial charge on any atom is 0.410 e. The second-order valence-electron chi connectivity index (χ2n) is 7.64. The molecule has 0 aliphatic carbocycles. The smallest absolute Gasteiger partial charge is 0.410 e. The maximum atomic E-state index is 13.0. The van der Waals surface area contributed by atoms with Gasteiger partial charge in [-0.15, -0.1) is 0 Å². The first-order chi connectivity index (χ1) is 12.2. The average Bonchev–Trinajstić information content (AvgIpc) is 2.57. The number of Topliss-reactive ketones (excluding diaryl/α,β-unsaturated/α-hetero) is 1. The summed E-state index contributed by atoms with van der Waals surface area (Å²) in [5.41, 5.74) is -1.03. The van der Waals surface area contributed by atoms with Gasteiger partial charge >= 0.3 is 6.09 Å². The first-order valence-electron chi connectivity index (χ1n) is 8.41. The van der Waals surface area contributed by atoms with Gasteiger partial charge in [0.15, 0.2) is 17.2 Å². The zero-order chi connectivity index (χ0) is 19.1. The average molecular weight is 378 g/mol. The van der Waals surface area contributed by atoms with Gasteiger partial charge in [0.1, 0.15) is 23.8 Å². The molecule has 7 nitrogen and oxygen atoms in total. The van der Waals surface area contributed by atoms with Crippen LogP contribution < -0.4 is 4.74 Å². The molecule has 0 bridgehead atoms. The third-order valence-corrected chi connectivity index (χ3v) is 4.95. The minimum absolute atomic E-state index is 0.131. The number of hydrogen-bond acceptors (Lipinski definition) is 6. The molecule has 1 amide bonds. The van der Waals surface area contributed by atoms with Crippen molar-refractivity contribution in [3.8, 4) is 11.8 Å². The number of nitrogens with zero attached hydrogens (tertiary/aromatic N) is 3. The van der Waals surface area contributed by atoms with E-state index in [1.807, 2.05) is 26.8 Å². The summed E-state index contributed by atoms with van der Waals surface area (Å²) in [5.74, 6) is 0.000882. The molecule has 1 aromatic heterocycles. The van der Waals surface area contributed by atoms with Crippen LogP contribution in [0.1, 0.15) is 49.7 Å². The summed E-state index contributed by atoms with van der Waals surface area (Å²) in [4.78, 5) is 31.0. The molecular weight excluding hydrogens is 358 g/mol. The minimum Gasteiger partial charge on any atom is -0.489 e. The first-order valence-corrected chi connectivity index (χ1v) is 8.79. The van der Waals surface area contributed by atoms with E-state index < -0.39 is 11.0 Å². The number of aromatic nitrogens is 1. The Morgan fingerprint density at radius 1 is 1.42 bits per heavy atom. The van der Waals surface area contributed by atoms with E-state index in [2.05, 4.69) is 4.98 Å². The van der Waals surface area contributed by atoms with Gasteiger partial charge in [0.2, 0.25) is 0 Å². The molecule has 26 heavy (non-hydrogen) atoms. The fourth-order valence-corrected chi connectivity index (χ4v) is 3.40. The maximum absolute atomic E-state index is 13.0. The number of ketones is 1. The molecule has 1 fully saturated rings. The molecule has 2 aliphatic rings.